The van der Waals surface area contributed by atoms with Gasteiger partial charge in [0.2, 0.25) is 17.7 Å². The summed E-state index contributed by atoms with van der Waals surface area (Å²) < 4.78 is 0. The van der Waals surface area contributed by atoms with Gasteiger partial charge in [-0.05, 0) is 17.4 Å². The lowest BCUT2D eigenvalue weighted by Gasteiger charge is -2.36. The fourth-order valence-corrected chi connectivity index (χ4v) is 5.17. The molecule has 174 valence electrons. The monoisotopic (exact) mass is 441 g/mol. The molecule has 0 saturated carbocycles. The molecule has 3 rings (SSSR count). The van der Waals surface area contributed by atoms with E-state index in [0.29, 0.717) is 6.54 Å². The van der Waals surface area contributed by atoms with E-state index < -0.39 is 29.8 Å². The van der Waals surface area contributed by atoms with E-state index in [1.165, 1.54) is 0 Å². The summed E-state index contributed by atoms with van der Waals surface area (Å²) in [5, 5.41) is 15.9. The largest absolute Gasteiger partial charge is 0.394 e. The van der Waals surface area contributed by atoms with Crippen molar-refractivity contribution < 1.29 is 19.5 Å². The van der Waals surface area contributed by atoms with Gasteiger partial charge in [-0.25, -0.2) is 0 Å². The molecule has 0 bridgehead atoms. The maximum Gasteiger partial charge on any atom is 0.243 e. The van der Waals surface area contributed by atoms with Crippen molar-refractivity contribution in [3.8, 4) is 0 Å². The molecule has 1 aliphatic carbocycles. The Morgan fingerprint density at radius 1 is 1.16 bits per heavy atom. The molecule has 0 aromatic heterocycles. The van der Waals surface area contributed by atoms with E-state index in [1.54, 1.807) is 11.9 Å². The number of fused-ring (bicyclic) bond motifs is 1. The number of benzene rings is 1. The number of hydrogen-bond acceptors (Lipinski definition) is 4. The average molecular weight is 442 g/mol. The Bertz CT molecular complexity index is 856. The van der Waals surface area contributed by atoms with Gasteiger partial charge >= 0.3 is 0 Å². The number of aliphatic hydroxyl groups excluding tert-OH is 1. The maximum atomic E-state index is 13.7. The molecule has 1 aromatic rings. The smallest absolute Gasteiger partial charge is 0.243 e. The van der Waals surface area contributed by atoms with Gasteiger partial charge in [-0.1, -0.05) is 69.7 Å². The van der Waals surface area contributed by atoms with Crippen molar-refractivity contribution >= 4 is 17.7 Å². The van der Waals surface area contributed by atoms with Crippen LogP contribution in [0.5, 0.6) is 0 Å². The third-order valence-electron chi connectivity index (χ3n) is 7.18. The van der Waals surface area contributed by atoms with Crippen molar-refractivity contribution in [3.63, 3.8) is 0 Å². The van der Waals surface area contributed by atoms with Gasteiger partial charge in [-0.3, -0.25) is 14.4 Å². The van der Waals surface area contributed by atoms with E-state index in [1.807, 2.05) is 63.3 Å². The quantitative estimate of drug-likeness (QED) is 0.535. The van der Waals surface area contributed by atoms with E-state index in [4.69, 9.17) is 0 Å². The minimum absolute atomic E-state index is 0.00776. The molecule has 7 atom stereocenters. The number of allylic oxidation sites excluding steroid dienone is 1. The van der Waals surface area contributed by atoms with Gasteiger partial charge in [-0.2, -0.15) is 0 Å². The van der Waals surface area contributed by atoms with Crippen LogP contribution >= 0.6 is 0 Å². The summed E-state index contributed by atoms with van der Waals surface area (Å²) in [5.74, 6) is -2.38. The Morgan fingerprint density at radius 3 is 2.44 bits per heavy atom. The van der Waals surface area contributed by atoms with Crippen LogP contribution in [0.2, 0.25) is 0 Å². The SMILES string of the molecule is CC[C@H](C)[C@H](CO)N1C(=O)[C@@H]2[C@H](C=C[C@@H](C)[C@H]2C(=O)NC)[C@H]1C(=O)NCc1ccccc1. The summed E-state index contributed by atoms with van der Waals surface area (Å²) >= 11 is 0. The average Bonchev–Trinajstić information content (AvgIpc) is 3.10. The first kappa shape index (κ1) is 24.0. The first-order chi connectivity index (χ1) is 15.3. The zero-order chi connectivity index (χ0) is 23.4. The third kappa shape index (κ3) is 4.44. The third-order valence-corrected chi connectivity index (χ3v) is 7.18. The Morgan fingerprint density at radius 2 is 1.84 bits per heavy atom. The number of carbonyl (C=O) groups excluding carboxylic acids is 3. The van der Waals surface area contributed by atoms with E-state index >= 15 is 0 Å². The van der Waals surface area contributed by atoms with Crippen molar-refractivity contribution in [1.82, 2.24) is 15.5 Å². The van der Waals surface area contributed by atoms with Crippen molar-refractivity contribution in [2.75, 3.05) is 13.7 Å². The minimum Gasteiger partial charge on any atom is -0.394 e. The lowest BCUT2D eigenvalue weighted by Crippen LogP contribution is -2.54. The van der Waals surface area contributed by atoms with Gasteiger partial charge in [-0.15, -0.1) is 0 Å². The molecule has 32 heavy (non-hydrogen) atoms. The molecule has 0 radical (unpaired) electrons. The van der Waals surface area contributed by atoms with Gasteiger partial charge < -0.3 is 20.6 Å². The normalized spacial score (nSPS) is 28.7. The summed E-state index contributed by atoms with van der Waals surface area (Å²) in [7, 11) is 1.57. The van der Waals surface area contributed by atoms with Crippen molar-refractivity contribution in [2.45, 2.75) is 45.8 Å². The molecule has 0 spiro atoms. The highest BCUT2D eigenvalue weighted by atomic mass is 16.3. The second-order valence-electron chi connectivity index (χ2n) is 9.02. The highest BCUT2D eigenvalue weighted by Crippen LogP contribution is 2.45. The van der Waals surface area contributed by atoms with Crippen LogP contribution in [0, 0.1) is 29.6 Å². The predicted octanol–water partition coefficient (Wildman–Crippen LogP) is 1.72. The maximum absolute atomic E-state index is 13.7. The number of hydrogen-bond donors (Lipinski definition) is 3. The highest BCUT2D eigenvalue weighted by molar-refractivity contribution is 5.97. The summed E-state index contributed by atoms with van der Waals surface area (Å²) in [6, 6.07) is 8.34. The standard InChI is InChI=1S/C25H35N3O4/c1-5-15(2)19(14-29)28-22(24(31)27-13-17-9-7-6-8-10-17)18-12-11-16(3)20(23(30)26-4)21(18)25(28)32/h6-12,15-16,18-22,29H,5,13-14H2,1-4H3,(H,26,30)(H,27,31)/t15-,16+,18-,19-,20+,21+,22-/m0/s1. The van der Waals surface area contributed by atoms with Crippen LogP contribution in [0.1, 0.15) is 32.8 Å². The van der Waals surface area contributed by atoms with E-state index in [9.17, 15) is 19.5 Å². The number of nitrogens with one attached hydrogen (secondary N) is 2. The minimum atomic E-state index is -0.765. The number of carbonyl (C=O) groups is 3. The second-order valence-corrected chi connectivity index (χ2v) is 9.02. The fraction of sp³-hybridized carbons (Fsp3) is 0.560. The van der Waals surface area contributed by atoms with Crippen molar-refractivity contribution in [2.24, 2.45) is 29.6 Å². The Balaban J connectivity index is 1.97. The number of nitrogens with zero attached hydrogens (tertiary/aromatic N) is 1. The summed E-state index contributed by atoms with van der Waals surface area (Å²) in [4.78, 5) is 41.5. The highest BCUT2D eigenvalue weighted by Gasteiger charge is 2.58. The fourth-order valence-electron chi connectivity index (χ4n) is 5.17. The molecule has 1 heterocycles. The predicted molar refractivity (Wildman–Crippen MR) is 122 cm³/mol. The van der Waals surface area contributed by atoms with Crippen LogP contribution in [0.3, 0.4) is 0 Å². The second kappa shape index (κ2) is 10.3. The van der Waals surface area contributed by atoms with Crippen molar-refractivity contribution in [1.29, 1.82) is 0 Å². The Kier molecular flexibility index (Phi) is 7.72. The molecule has 1 aliphatic heterocycles. The molecule has 7 heteroatoms. The number of amides is 3. The lowest BCUT2D eigenvalue weighted by atomic mass is 9.70. The first-order valence-corrected chi connectivity index (χ1v) is 11.5. The van der Waals surface area contributed by atoms with Crippen LogP contribution in [0.15, 0.2) is 42.5 Å². The summed E-state index contributed by atoms with van der Waals surface area (Å²) in [6.07, 6.45) is 4.62. The summed E-state index contributed by atoms with van der Waals surface area (Å²) in [5.41, 5.74) is 0.963. The van der Waals surface area contributed by atoms with Gasteiger partial charge in [0.05, 0.1) is 24.5 Å². The topological polar surface area (TPSA) is 98.7 Å². The van der Waals surface area contributed by atoms with Crippen LogP contribution in [0.25, 0.3) is 0 Å². The van der Waals surface area contributed by atoms with Gasteiger partial charge in [0.15, 0.2) is 0 Å². The van der Waals surface area contributed by atoms with E-state index in [0.717, 1.165) is 12.0 Å². The number of aliphatic hydroxyl groups is 1. The molecular weight excluding hydrogens is 406 g/mol. The molecule has 1 saturated heterocycles. The van der Waals surface area contributed by atoms with Crippen LogP contribution < -0.4 is 10.6 Å². The molecule has 0 unspecified atom stereocenters. The zero-order valence-electron chi connectivity index (χ0n) is 19.3. The number of likely N-dealkylation sites (tertiary alicyclic amines) is 1. The molecule has 1 aromatic carbocycles. The molecule has 1 fully saturated rings. The van der Waals surface area contributed by atoms with Gasteiger partial charge in [0.25, 0.3) is 0 Å². The zero-order valence-corrected chi connectivity index (χ0v) is 19.3. The molecule has 3 N–H and O–H groups in total. The molecule has 7 nitrogen and oxygen atoms in total. The molecule has 2 aliphatic rings. The Hall–Kier alpha value is -2.67. The van der Waals surface area contributed by atoms with Crippen LogP contribution in [-0.2, 0) is 20.9 Å². The van der Waals surface area contributed by atoms with Gasteiger partial charge in [0.1, 0.15) is 6.04 Å². The van der Waals surface area contributed by atoms with Crippen molar-refractivity contribution in [3.05, 3.63) is 48.0 Å². The molecular formula is C25H35N3O4. The Labute approximate surface area is 190 Å². The van der Waals surface area contributed by atoms with E-state index in [2.05, 4.69) is 10.6 Å². The van der Waals surface area contributed by atoms with Crippen LogP contribution in [0.4, 0.5) is 0 Å². The van der Waals surface area contributed by atoms with E-state index in [-0.39, 0.29) is 36.2 Å². The first-order valence-electron chi connectivity index (χ1n) is 11.5. The number of rotatable bonds is 8. The molecule has 3 amide bonds. The van der Waals surface area contributed by atoms with Crippen LogP contribution in [-0.4, -0.2) is 53.5 Å². The van der Waals surface area contributed by atoms with Gasteiger partial charge in [0, 0.05) is 19.5 Å². The summed E-state index contributed by atoms with van der Waals surface area (Å²) in [6.45, 7) is 6.02. The lowest BCUT2D eigenvalue weighted by molar-refractivity contribution is -0.144.